The van der Waals surface area contributed by atoms with Gasteiger partial charge >= 0.3 is 0 Å². The molecular weight excluding hydrogens is 370 g/mol. The number of aromatic nitrogens is 4. The van der Waals surface area contributed by atoms with Crippen molar-refractivity contribution in [3.05, 3.63) is 72.0 Å². The van der Waals surface area contributed by atoms with Gasteiger partial charge in [-0.1, -0.05) is 18.2 Å². The number of furan rings is 1. The molecule has 9 heteroatoms. The van der Waals surface area contributed by atoms with E-state index in [1.165, 1.54) is 0 Å². The Morgan fingerprint density at radius 1 is 1.10 bits per heavy atom. The van der Waals surface area contributed by atoms with Crippen molar-refractivity contribution < 1.29 is 9.15 Å². The molecule has 29 heavy (non-hydrogen) atoms. The molecule has 1 atom stereocenters. The van der Waals surface area contributed by atoms with E-state index in [1.807, 2.05) is 59.5 Å². The Balaban J connectivity index is 1.64. The van der Waals surface area contributed by atoms with Crippen molar-refractivity contribution >= 4 is 17.4 Å². The van der Waals surface area contributed by atoms with Crippen LogP contribution in [0.2, 0.25) is 0 Å². The first-order valence-corrected chi connectivity index (χ1v) is 8.94. The Morgan fingerprint density at radius 3 is 2.69 bits per heavy atom. The Morgan fingerprint density at radius 2 is 1.93 bits per heavy atom. The van der Waals surface area contributed by atoms with Crippen LogP contribution in [0.4, 0.5) is 11.6 Å². The first-order chi connectivity index (χ1) is 14.2. The van der Waals surface area contributed by atoms with Gasteiger partial charge in [-0.25, -0.2) is 5.10 Å². The SMILES string of the molecule is COc1ccc(N2C(c3cccc(-c4nnn[nH]4)c3)=Nc3occc3C2N)cc1. The van der Waals surface area contributed by atoms with Gasteiger partial charge in [0.2, 0.25) is 5.88 Å². The first-order valence-electron chi connectivity index (χ1n) is 8.94. The number of fused-ring (bicyclic) bond motifs is 1. The van der Waals surface area contributed by atoms with E-state index < -0.39 is 6.17 Å². The topological polar surface area (TPSA) is 118 Å². The summed E-state index contributed by atoms with van der Waals surface area (Å²) in [6.07, 6.45) is 1.14. The predicted molar refractivity (Wildman–Crippen MR) is 107 cm³/mol. The van der Waals surface area contributed by atoms with Gasteiger partial charge < -0.3 is 19.8 Å². The van der Waals surface area contributed by atoms with Crippen LogP contribution in [0.3, 0.4) is 0 Å². The summed E-state index contributed by atoms with van der Waals surface area (Å²) in [5, 5.41) is 14.1. The zero-order valence-electron chi connectivity index (χ0n) is 15.5. The molecule has 3 heterocycles. The number of ether oxygens (including phenoxy) is 1. The molecule has 2 aromatic heterocycles. The summed E-state index contributed by atoms with van der Waals surface area (Å²) in [6.45, 7) is 0. The third-order valence-corrected chi connectivity index (χ3v) is 4.80. The number of benzene rings is 2. The highest BCUT2D eigenvalue weighted by Crippen LogP contribution is 2.38. The van der Waals surface area contributed by atoms with Gasteiger partial charge in [-0.05, 0) is 46.8 Å². The number of anilines is 1. The van der Waals surface area contributed by atoms with Gasteiger partial charge in [-0.15, -0.1) is 5.10 Å². The van der Waals surface area contributed by atoms with Gasteiger partial charge in [0.25, 0.3) is 0 Å². The molecule has 2 aromatic carbocycles. The van der Waals surface area contributed by atoms with Crippen LogP contribution in [0.15, 0.2) is 70.3 Å². The summed E-state index contributed by atoms with van der Waals surface area (Å²) in [5.74, 6) is 2.51. The number of nitrogens with zero attached hydrogens (tertiary/aromatic N) is 5. The molecule has 3 N–H and O–H groups in total. The second-order valence-electron chi connectivity index (χ2n) is 6.46. The summed E-state index contributed by atoms with van der Waals surface area (Å²) in [4.78, 5) is 6.72. The highest BCUT2D eigenvalue weighted by Gasteiger charge is 2.31. The molecule has 0 saturated heterocycles. The number of hydrogen-bond donors (Lipinski definition) is 2. The number of nitrogens with two attached hydrogens (primary N) is 1. The van der Waals surface area contributed by atoms with E-state index in [0.29, 0.717) is 17.5 Å². The molecule has 4 aromatic rings. The van der Waals surface area contributed by atoms with Gasteiger partial charge in [0.05, 0.1) is 18.9 Å². The van der Waals surface area contributed by atoms with E-state index in [-0.39, 0.29) is 0 Å². The number of tetrazole rings is 1. The summed E-state index contributed by atoms with van der Waals surface area (Å²) in [6, 6.07) is 17.3. The molecule has 1 unspecified atom stereocenters. The predicted octanol–water partition coefficient (Wildman–Crippen LogP) is 3.02. The number of hydrogen-bond acceptors (Lipinski definition) is 8. The Labute approximate surface area is 165 Å². The van der Waals surface area contributed by atoms with Crippen LogP contribution in [0.25, 0.3) is 11.4 Å². The number of amidine groups is 1. The molecule has 1 aliphatic heterocycles. The number of methoxy groups -OCH3 is 1. The lowest BCUT2D eigenvalue weighted by atomic mass is 10.0. The van der Waals surface area contributed by atoms with E-state index in [1.54, 1.807) is 13.4 Å². The molecule has 0 radical (unpaired) electrons. The van der Waals surface area contributed by atoms with E-state index >= 15 is 0 Å². The van der Waals surface area contributed by atoms with Gasteiger partial charge in [-0.3, -0.25) is 0 Å². The minimum Gasteiger partial charge on any atom is -0.497 e. The number of nitrogens with one attached hydrogen (secondary N) is 1. The Bertz CT molecular complexity index is 1170. The average molecular weight is 387 g/mol. The number of H-pyrrole nitrogens is 1. The molecule has 0 amide bonds. The van der Waals surface area contributed by atoms with E-state index in [4.69, 9.17) is 19.9 Å². The van der Waals surface area contributed by atoms with Crippen molar-refractivity contribution in [2.45, 2.75) is 6.17 Å². The van der Waals surface area contributed by atoms with E-state index in [9.17, 15) is 0 Å². The lowest BCUT2D eigenvalue weighted by molar-refractivity contribution is 0.415. The second kappa shape index (κ2) is 6.88. The van der Waals surface area contributed by atoms with Crippen LogP contribution >= 0.6 is 0 Å². The minimum atomic E-state index is -0.458. The maximum Gasteiger partial charge on any atom is 0.227 e. The minimum absolute atomic E-state index is 0.458. The van der Waals surface area contributed by atoms with Crippen molar-refractivity contribution in [2.24, 2.45) is 10.7 Å². The smallest absolute Gasteiger partial charge is 0.227 e. The van der Waals surface area contributed by atoms with Crippen molar-refractivity contribution in [3.63, 3.8) is 0 Å². The monoisotopic (exact) mass is 387 g/mol. The summed E-state index contributed by atoms with van der Waals surface area (Å²) < 4.78 is 10.8. The van der Waals surface area contributed by atoms with Crippen LogP contribution in [-0.2, 0) is 0 Å². The van der Waals surface area contributed by atoms with Crippen LogP contribution in [0, 0.1) is 0 Å². The van der Waals surface area contributed by atoms with Crippen LogP contribution in [-0.4, -0.2) is 33.6 Å². The summed E-state index contributed by atoms with van der Waals surface area (Å²) in [5.41, 5.74) is 10.0. The second-order valence-corrected chi connectivity index (χ2v) is 6.46. The largest absolute Gasteiger partial charge is 0.497 e. The van der Waals surface area contributed by atoms with Crippen LogP contribution < -0.4 is 15.4 Å². The zero-order valence-corrected chi connectivity index (χ0v) is 15.5. The normalized spacial score (nSPS) is 15.7. The zero-order chi connectivity index (χ0) is 19.8. The van der Waals surface area contributed by atoms with Crippen molar-refractivity contribution in [1.29, 1.82) is 0 Å². The van der Waals surface area contributed by atoms with Crippen molar-refractivity contribution in [3.8, 4) is 17.1 Å². The maximum absolute atomic E-state index is 6.61. The first kappa shape index (κ1) is 17.1. The van der Waals surface area contributed by atoms with E-state index in [2.05, 4.69) is 20.6 Å². The molecule has 0 fully saturated rings. The third kappa shape index (κ3) is 2.93. The molecule has 5 rings (SSSR count). The highest BCUT2D eigenvalue weighted by atomic mass is 16.5. The molecule has 144 valence electrons. The molecule has 1 aliphatic rings. The summed E-state index contributed by atoms with van der Waals surface area (Å²) in [7, 11) is 1.64. The highest BCUT2D eigenvalue weighted by molar-refractivity contribution is 6.12. The van der Waals surface area contributed by atoms with Crippen molar-refractivity contribution in [1.82, 2.24) is 20.6 Å². The van der Waals surface area contributed by atoms with Gasteiger partial charge in [0.15, 0.2) is 5.82 Å². The Hall–Kier alpha value is -3.98. The summed E-state index contributed by atoms with van der Waals surface area (Å²) >= 11 is 0. The third-order valence-electron chi connectivity index (χ3n) is 4.80. The van der Waals surface area contributed by atoms with Gasteiger partial charge in [-0.2, -0.15) is 4.99 Å². The number of aromatic amines is 1. The average Bonchev–Trinajstić information content (AvgIpc) is 3.46. The number of rotatable bonds is 4. The molecule has 0 spiro atoms. The molecule has 0 saturated carbocycles. The fourth-order valence-corrected chi connectivity index (χ4v) is 3.36. The lowest BCUT2D eigenvalue weighted by Gasteiger charge is -2.34. The Kier molecular flexibility index (Phi) is 4.07. The molecule has 0 bridgehead atoms. The van der Waals surface area contributed by atoms with Crippen molar-refractivity contribution in [2.75, 3.05) is 12.0 Å². The fraction of sp³-hybridized carbons (Fsp3) is 0.100. The molecule has 0 aliphatic carbocycles. The van der Waals surface area contributed by atoms with Crippen LogP contribution in [0.1, 0.15) is 17.3 Å². The quantitative estimate of drug-likeness (QED) is 0.552. The standard InChI is InChI=1S/C20H17N7O2/c1-28-15-7-5-14(6-8-15)27-17(21)16-9-10-29-20(16)22-19(27)13-4-2-3-12(11-13)18-23-25-26-24-18/h2-11,17H,21H2,1H3,(H,23,24,25,26). The van der Waals surface area contributed by atoms with Gasteiger partial charge in [0, 0.05) is 16.8 Å². The molecular formula is C20H17N7O2. The fourth-order valence-electron chi connectivity index (χ4n) is 3.36. The number of aliphatic imine (C=N–C) groups is 1. The van der Waals surface area contributed by atoms with Gasteiger partial charge in [0.1, 0.15) is 17.8 Å². The van der Waals surface area contributed by atoms with Crippen LogP contribution in [0.5, 0.6) is 5.75 Å². The van der Waals surface area contributed by atoms with E-state index in [0.717, 1.165) is 28.1 Å². The lowest BCUT2D eigenvalue weighted by Crippen LogP contribution is -2.41. The molecule has 9 nitrogen and oxygen atoms in total. The maximum atomic E-state index is 6.61.